The number of hydrogen-bond acceptors (Lipinski definition) is 4. The Hall–Kier alpha value is -1.86. The first-order chi connectivity index (χ1) is 9.40. The average molecular weight is 294 g/mol. The summed E-state index contributed by atoms with van der Waals surface area (Å²) in [5.41, 5.74) is 8.64. The van der Waals surface area contributed by atoms with Gasteiger partial charge in [-0.3, -0.25) is 0 Å². The van der Waals surface area contributed by atoms with Crippen LogP contribution in [0.3, 0.4) is 0 Å². The van der Waals surface area contributed by atoms with Gasteiger partial charge in [-0.05, 0) is 25.0 Å². The van der Waals surface area contributed by atoms with Crippen LogP contribution in [-0.2, 0) is 22.9 Å². The minimum atomic E-state index is -3.82. The number of hydrogen-bond donors (Lipinski definition) is 2. The molecule has 0 unspecified atom stereocenters. The Morgan fingerprint density at radius 3 is 2.40 bits per heavy atom. The molecule has 0 bridgehead atoms. The van der Waals surface area contributed by atoms with Crippen LogP contribution < -0.4 is 10.9 Å². The van der Waals surface area contributed by atoms with E-state index in [9.17, 15) is 8.42 Å². The highest BCUT2D eigenvalue weighted by atomic mass is 32.2. The first-order valence-corrected chi connectivity index (χ1v) is 7.93. The topological polar surface area (TPSA) is 104 Å². The van der Waals surface area contributed by atoms with Crippen molar-refractivity contribution >= 4 is 15.7 Å². The molecule has 20 heavy (non-hydrogen) atoms. The zero-order chi connectivity index (χ0) is 14.9. The molecule has 0 amide bonds. The lowest BCUT2D eigenvalue weighted by Crippen LogP contribution is -2.16. The zero-order valence-corrected chi connectivity index (χ0v) is 12.3. The summed E-state index contributed by atoms with van der Waals surface area (Å²) in [5.74, 6) is 0. The summed E-state index contributed by atoms with van der Waals surface area (Å²) in [6, 6.07) is 6.51. The first-order valence-electron chi connectivity index (χ1n) is 6.38. The van der Waals surface area contributed by atoms with Gasteiger partial charge < -0.3 is 5.73 Å². The second kappa shape index (κ2) is 5.26. The molecular weight excluding hydrogens is 276 g/mol. The van der Waals surface area contributed by atoms with Crippen molar-refractivity contribution in [2.75, 3.05) is 5.73 Å². The van der Waals surface area contributed by atoms with E-state index in [1.54, 1.807) is 22.9 Å². The number of aryl methyl sites for hydroxylation is 1. The molecule has 6 nitrogen and oxygen atoms in total. The maximum atomic E-state index is 11.7. The Morgan fingerprint density at radius 2 is 1.85 bits per heavy atom. The van der Waals surface area contributed by atoms with Gasteiger partial charge in [-0.2, -0.15) is 5.10 Å². The number of benzene rings is 1. The van der Waals surface area contributed by atoms with E-state index in [2.05, 4.69) is 5.10 Å². The van der Waals surface area contributed by atoms with Gasteiger partial charge >= 0.3 is 0 Å². The molecule has 4 N–H and O–H groups in total. The van der Waals surface area contributed by atoms with Gasteiger partial charge in [-0.1, -0.05) is 26.0 Å². The van der Waals surface area contributed by atoms with Crippen molar-refractivity contribution in [2.24, 2.45) is 5.14 Å². The first kappa shape index (κ1) is 14.5. The summed E-state index contributed by atoms with van der Waals surface area (Å²) in [6.45, 7) is 3.90. The molecule has 7 heteroatoms. The molecule has 2 rings (SSSR count). The van der Waals surface area contributed by atoms with Crippen molar-refractivity contribution in [3.05, 3.63) is 35.7 Å². The molecule has 0 aliphatic heterocycles. The van der Waals surface area contributed by atoms with E-state index in [0.717, 1.165) is 11.4 Å². The Bertz CT molecular complexity index is 735. The molecule has 0 spiro atoms. The Morgan fingerprint density at radius 1 is 1.20 bits per heavy atom. The molecule has 1 heterocycles. The SMILES string of the molecule is CCc1nn(-c2ccccc2S(N)(=O)=O)c(CC)c1N. The molecule has 0 radical (unpaired) electrons. The average Bonchev–Trinajstić information content (AvgIpc) is 2.74. The molecule has 1 aromatic carbocycles. The summed E-state index contributed by atoms with van der Waals surface area (Å²) < 4.78 is 25.0. The van der Waals surface area contributed by atoms with Crippen molar-refractivity contribution < 1.29 is 8.42 Å². The van der Waals surface area contributed by atoms with E-state index in [1.165, 1.54) is 6.07 Å². The number of nitrogens with zero attached hydrogens (tertiary/aromatic N) is 2. The Kier molecular flexibility index (Phi) is 3.82. The predicted molar refractivity (Wildman–Crippen MR) is 78.1 cm³/mol. The smallest absolute Gasteiger partial charge is 0.240 e. The minimum Gasteiger partial charge on any atom is -0.396 e. The quantitative estimate of drug-likeness (QED) is 0.884. The van der Waals surface area contributed by atoms with Crippen molar-refractivity contribution in [1.29, 1.82) is 0 Å². The van der Waals surface area contributed by atoms with Crippen molar-refractivity contribution in [3.63, 3.8) is 0 Å². The van der Waals surface area contributed by atoms with Gasteiger partial charge in [-0.25, -0.2) is 18.2 Å². The van der Waals surface area contributed by atoms with Gasteiger partial charge in [-0.15, -0.1) is 0 Å². The van der Waals surface area contributed by atoms with E-state index in [0.29, 0.717) is 24.2 Å². The summed E-state index contributed by atoms with van der Waals surface area (Å²) in [6.07, 6.45) is 1.33. The maximum absolute atomic E-state index is 11.7. The third-order valence-corrected chi connectivity index (χ3v) is 4.13. The standard InChI is InChI=1S/C13H18N4O2S/c1-3-9-13(14)10(4-2)17(16-9)11-7-5-6-8-12(11)20(15,18)19/h5-8H,3-4,14H2,1-2H3,(H2,15,18,19). The fourth-order valence-corrected chi connectivity index (χ4v) is 2.90. The third kappa shape index (κ3) is 2.41. The van der Waals surface area contributed by atoms with Crippen molar-refractivity contribution in [1.82, 2.24) is 9.78 Å². The highest BCUT2D eigenvalue weighted by Gasteiger charge is 2.20. The van der Waals surface area contributed by atoms with Gasteiger partial charge in [0.2, 0.25) is 10.0 Å². The summed E-state index contributed by atoms with van der Waals surface area (Å²) >= 11 is 0. The van der Waals surface area contributed by atoms with E-state index in [1.807, 2.05) is 13.8 Å². The van der Waals surface area contributed by atoms with Crippen molar-refractivity contribution in [2.45, 2.75) is 31.6 Å². The number of nitrogen functional groups attached to an aromatic ring is 1. The second-order valence-electron chi connectivity index (χ2n) is 4.44. The van der Waals surface area contributed by atoms with E-state index >= 15 is 0 Å². The van der Waals surface area contributed by atoms with Crippen LogP contribution >= 0.6 is 0 Å². The number of sulfonamides is 1. The number of aromatic nitrogens is 2. The normalized spacial score (nSPS) is 11.8. The fourth-order valence-electron chi connectivity index (χ4n) is 2.19. The number of primary sulfonamides is 1. The lowest BCUT2D eigenvalue weighted by atomic mass is 10.2. The zero-order valence-electron chi connectivity index (χ0n) is 11.5. The van der Waals surface area contributed by atoms with Crippen LogP contribution in [-0.4, -0.2) is 18.2 Å². The molecule has 0 aliphatic carbocycles. The van der Waals surface area contributed by atoms with Gasteiger partial charge in [0.25, 0.3) is 0 Å². The molecule has 0 saturated carbocycles. The Balaban J connectivity index is 2.76. The highest BCUT2D eigenvalue weighted by Crippen LogP contribution is 2.25. The molecule has 0 saturated heterocycles. The van der Waals surface area contributed by atoms with Crippen LogP contribution in [0.1, 0.15) is 25.2 Å². The number of anilines is 1. The van der Waals surface area contributed by atoms with Gasteiger partial charge in [0.05, 0.1) is 22.8 Å². The molecule has 2 aromatic rings. The number of rotatable bonds is 4. The second-order valence-corrected chi connectivity index (χ2v) is 5.97. The molecule has 1 aromatic heterocycles. The van der Waals surface area contributed by atoms with Crippen LogP contribution in [0.25, 0.3) is 5.69 Å². The summed E-state index contributed by atoms with van der Waals surface area (Å²) in [7, 11) is -3.82. The van der Waals surface area contributed by atoms with Gasteiger partial charge in [0, 0.05) is 0 Å². The Labute approximate surface area is 118 Å². The van der Waals surface area contributed by atoms with Crippen LogP contribution in [0.5, 0.6) is 0 Å². The number of para-hydroxylation sites is 1. The fraction of sp³-hybridized carbons (Fsp3) is 0.308. The molecule has 108 valence electrons. The third-order valence-electron chi connectivity index (χ3n) is 3.17. The summed E-state index contributed by atoms with van der Waals surface area (Å²) in [5, 5.41) is 9.68. The van der Waals surface area contributed by atoms with Crippen LogP contribution in [0, 0.1) is 0 Å². The summed E-state index contributed by atoms with van der Waals surface area (Å²) in [4.78, 5) is 0.0415. The molecule has 0 aliphatic rings. The van der Waals surface area contributed by atoms with Gasteiger partial charge in [0.15, 0.2) is 0 Å². The lowest BCUT2D eigenvalue weighted by molar-refractivity contribution is 0.596. The lowest BCUT2D eigenvalue weighted by Gasteiger charge is -2.10. The van der Waals surface area contributed by atoms with Crippen LogP contribution in [0.15, 0.2) is 29.2 Å². The minimum absolute atomic E-state index is 0.0415. The number of nitrogens with two attached hydrogens (primary N) is 2. The van der Waals surface area contributed by atoms with Crippen LogP contribution in [0.4, 0.5) is 5.69 Å². The molecule has 0 atom stereocenters. The van der Waals surface area contributed by atoms with E-state index in [-0.39, 0.29) is 4.90 Å². The molecule has 0 fully saturated rings. The van der Waals surface area contributed by atoms with Crippen molar-refractivity contribution in [3.8, 4) is 5.69 Å². The van der Waals surface area contributed by atoms with Crippen LogP contribution in [0.2, 0.25) is 0 Å². The highest BCUT2D eigenvalue weighted by molar-refractivity contribution is 7.89. The molecular formula is C13H18N4O2S. The van der Waals surface area contributed by atoms with E-state index < -0.39 is 10.0 Å². The maximum Gasteiger partial charge on any atom is 0.240 e. The predicted octanol–water partition coefficient (Wildman–Crippen LogP) is 1.23. The van der Waals surface area contributed by atoms with Gasteiger partial charge in [0.1, 0.15) is 4.90 Å². The largest absolute Gasteiger partial charge is 0.396 e. The monoisotopic (exact) mass is 294 g/mol. The van der Waals surface area contributed by atoms with E-state index in [4.69, 9.17) is 10.9 Å².